The minimum atomic E-state index is -0.351. The normalized spacial score (nSPS) is 19.8. The Bertz CT molecular complexity index is 485. The molecule has 1 amide bonds. The summed E-state index contributed by atoms with van der Waals surface area (Å²) in [6.07, 6.45) is 5.11. The average molecular weight is 297 g/mol. The molecule has 1 aliphatic heterocycles. The van der Waals surface area contributed by atoms with Crippen LogP contribution in [-0.2, 0) is 4.79 Å². The lowest BCUT2D eigenvalue weighted by Crippen LogP contribution is -2.48. The van der Waals surface area contributed by atoms with Crippen LogP contribution in [0.3, 0.4) is 0 Å². The summed E-state index contributed by atoms with van der Waals surface area (Å²) in [5, 5.41) is 0.506. The van der Waals surface area contributed by atoms with E-state index in [2.05, 4.69) is 4.98 Å². The molecule has 0 radical (unpaired) electrons. The van der Waals surface area contributed by atoms with Crippen LogP contribution in [0.5, 0.6) is 5.75 Å². The van der Waals surface area contributed by atoms with Gasteiger partial charge >= 0.3 is 0 Å². The highest BCUT2D eigenvalue weighted by atomic mass is 35.5. The van der Waals surface area contributed by atoms with Gasteiger partial charge in [0, 0.05) is 30.4 Å². The molecule has 1 aromatic heterocycles. The third-order valence-electron chi connectivity index (χ3n) is 3.34. The zero-order valence-electron chi connectivity index (χ0n) is 12.2. The van der Waals surface area contributed by atoms with Crippen LogP contribution in [0.4, 0.5) is 0 Å². The summed E-state index contributed by atoms with van der Waals surface area (Å²) >= 11 is 6.05. The quantitative estimate of drug-likeness (QED) is 0.842. The van der Waals surface area contributed by atoms with E-state index in [1.807, 2.05) is 25.7 Å². The van der Waals surface area contributed by atoms with E-state index < -0.39 is 0 Å². The van der Waals surface area contributed by atoms with Gasteiger partial charge in [-0.15, -0.1) is 0 Å². The van der Waals surface area contributed by atoms with Crippen LogP contribution in [0.2, 0.25) is 5.02 Å². The zero-order chi connectivity index (χ0) is 14.8. The molecule has 0 bridgehead atoms. The maximum absolute atomic E-state index is 12.3. The minimum absolute atomic E-state index is 0.00468. The van der Waals surface area contributed by atoms with Gasteiger partial charge in [-0.3, -0.25) is 9.78 Å². The van der Waals surface area contributed by atoms with Gasteiger partial charge < -0.3 is 9.64 Å². The molecule has 1 saturated heterocycles. The number of carbonyl (C=O) groups is 1. The molecule has 0 N–H and O–H groups in total. The van der Waals surface area contributed by atoms with E-state index in [9.17, 15) is 4.79 Å². The van der Waals surface area contributed by atoms with E-state index in [4.69, 9.17) is 16.3 Å². The number of rotatable bonds is 2. The number of likely N-dealkylation sites (tertiary alicyclic amines) is 1. The molecule has 1 atom stereocenters. The molecule has 2 heterocycles. The first-order valence-electron chi connectivity index (χ1n) is 6.93. The first kappa shape index (κ1) is 15.1. The largest absolute Gasteiger partial charge is 0.487 e. The summed E-state index contributed by atoms with van der Waals surface area (Å²) in [6.45, 7) is 7.26. The SMILES string of the molecule is CC(C)(C)C(=O)N1CCC[C@@H](Oc2ccncc2Cl)C1. The monoisotopic (exact) mass is 296 g/mol. The van der Waals surface area contributed by atoms with Gasteiger partial charge in [0.15, 0.2) is 0 Å². The highest BCUT2D eigenvalue weighted by molar-refractivity contribution is 6.31. The topological polar surface area (TPSA) is 42.4 Å². The number of hydrogen-bond donors (Lipinski definition) is 0. The predicted molar refractivity (Wildman–Crippen MR) is 78.9 cm³/mol. The van der Waals surface area contributed by atoms with E-state index in [0.717, 1.165) is 19.4 Å². The molecule has 110 valence electrons. The van der Waals surface area contributed by atoms with E-state index >= 15 is 0 Å². The van der Waals surface area contributed by atoms with E-state index in [1.54, 1.807) is 18.5 Å². The second kappa shape index (κ2) is 6.00. The lowest BCUT2D eigenvalue weighted by Gasteiger charge is -2.36. The van der Waals surface area contributed by atoms with Crippen molar-refractivity contribution in [3.05, 3.63) is 23.5 Å². The molecule has 4 nitrogen and oxygen atoms in total. The molecule has 20 heavy (non-hydrogen) atoms. The van der Waals surface area contributed by atoms with Crippen molar-refractivity contribution in [3.8, 4) is 5.75 Å². The van der Waals surface area contributed by atoms with Gasteiger partial charge in [0.25, 0.3) is 0 Å². The van der Waals surface area contributed by atoms with Gasteiger partial charge in [-0.25, -0.2) is 0 Å². The van der Waals surface area contributed by atoms with E-state index in [1.165, 1.54) is 0 Å². The maximum atomic E-state index is 12.3. The zero-order valence-corrected chi connectivity index (χ0v) is 13.0. The molecule has 0 spiro atoms. The van der Waals surface area contributed by atoms with Gasteiger partial charge in [0.05, 0.1) is 6.54 Å². The Balaban J connectivity index is 2.01. The van der Waals surface area contributed by atoms with Gasteiger partial charge in [-0.05, 0) is 12.8 Å². The Morgan fingerprint density at radius 2 is 2.25 bits per heavy atom. The molecular weight excluding hydrogens is 276 g/mol. The fourth-order valence-electron chi connectivity index (χ4n) is 2.33. The van der Waals surface area contributed by atoms with Crippen molar-refractivity contribution in [2.45, 2.75) is 39.7 Å². The summed E-state index contributed by atoms with van der Waals surface area (Å²) < 4.78 is 5.91. The molecule has 1 aliphatic rings. The third-order valence-corrected chi connectivity index (χ3v) is 3.62. The Hall–Kier alpha value is -1.29. The lowest BCUT2D eigenvalue weighted by molar-refractivity contribution is -0.142. The molecule has 1 aromatic rings. The van der Waals surface area contributed by atoms with Gasteiger partial charge in [-0.2, -0.15) is 0 Å². The van der Waals surface area contributed by atoms with Crippen LogP contribution in [0.1, 0.15) is 33.6 Å². The highest BCUT2D eigenvalue weighted by Crippen LogP contribution is 2.27. The Labute approximate surface area is 125 Å². The van der Waals surface area contributed by atoms with Gasteiger partial charge in [0.1, 0.15) is 16.9 Å². The first-order valence-corrected chi connectivity index (χ1v) is 7.31. The van der Waals surface area contributed by atoms with Crippen LogP contribution in [-0.4, -0.2) is 35.0 Å². The van der Waals surface area contributed by atoms with Crippen molar-refractivity contribution in [2.75, 3.05) is 13.1 Å². The summed E-state index contributed by atoms with van der Waals surface area (Å²) in [7, 11) is 0. The number of carbonyl (C=O) groups excluding carboxylic acids is 1. The molecule has 0 aromatic carbocycles. The number of ether oxygens (including phenoxy) is 1. The average Bonchev–Trinajstić information content (AvgIpc) is 2.40. The smallest absolute Gasteiger partial charge is 0.228 e. The summed E-state index contributed by atoms with van der Waals surface area (Å²) in [4.78, 5) is 18.1. The summed E-state index contributed by atoms with van der Waals surface area (Å²) in [5.74, 6) is 0.809. The fourth-order valence-corrected chi connectivity index (χ4v) is 2.49. The fraction of sp³-hybridized carbons (Fsp3) is 0.600. The second-order valence-electron chi connectivity index (χ2n) is 6.19. The van der Waals surface area contributed by atoms with Gasteiger partial charge in [-0.1, -0.05) is 32.4 Å². The maximum Gasteiger partial charge on any atom is 0.228 e. The number of aromatic nitrogens is 1. The van der Waals surface area contributed by atoms with Crippen molar-refractivity contribution in [2.24, 2.45) is 5.41 Å². The standard InChI is InChI=1S/C15H21ClN2O2/c1-15(2,3)14(19)18-8-4-5-11(10-18)20-13-6-7-17-9-12(13)16/h6-7,9,11H,4-5,8,10H2,1-3H3/t11-/m1/s1. The number of hydrogen-bond acceptors (Lipinski definition) is 3. The Morgan fingerprint density at radius 1 is 1.50 bits per heavy atom. The van der Waals surface area contributed by atoms with Crippen LogP contribution in [0.25, 0.3) is 0 Å². The molecule has 2 rings (SSSR count). The van der Waals surface area contributed by atoms with Crippen molar-refractivity contribution in [3.63, 3.8) is 0 Å². The van der Waals surface area contributed by atoms with Crippen molar-refractivity contribution in [1.29, 1.82) is 0 Å². The number of halogens is 1. The Kier molecular flexibility index (Phi) is 4.53. The van der Waals surface area contributed by atoms with Crippen LogP contribution in [0, 0.1) is 5.41 Å². The molecule has 1 fully saturated rings. The number of pyridine rings is 1. The molecule has 5 heteroatoms. The van der Waals surface area contributed by atoms with Crippen molar-refractivity contribution >= 4 is 17.5 Å². The van der Waals surface area contributed by atoms with Gasteiger partial charge in [0.2, 0.25) is 5.91 Å². The highest BCUT2D eigenvalue weighted by Gasteiger charge is 2.31. The predicted octanol–water partition coefficient (Wildman–Crippen LogP) is 3.15. The number of piperidine rings is 1. The van der Waals surface area contributed by atoms with Crippen molar-refractivity contribution in [1.82, 2.24) is 9.88 Å². The molecule has 0 saturated carbocycles. The summed E-state index contributed by atoms with van der Waals surface area (Å²) in [5.41, 5.74) is -0.351. The van der Waals surface area contributed by atoms with Crippen LogP contribution >= 0.6 is 11.6 Å². The van der Waals surface area contributed by atoms with E-state index in [0.29, 0.717) is 17.3 Å². The molecular formula is C15H21ClN2O2. The third kappa shape index (κ3) is 3.63. The lowest BCUT2D eigenvalue weighted by atomic mass is 9.93. The molecule has 0 aliphatic carbocycles. The van der Waals surface area contributed by atoms with Crippen molar-refractivity contribution < 1.29 is 9.53 Å². The molecule has 0 unspecified atom stereocenters. The minimum Gasteiger partial charge on any atom is -0.487 e. The number of nitrogens with zero attached hydrogens (tertiary/aromatic N) is 2. The number of amides is 1. The van der Waals surface area contributed by atoms with E-state index in [-0.39, 0.29) is 17.4 Å². The van der Waals surface area contributed by atoms with Crippen LogP contribution < -0.4 is 4.74 Å². The second-order valence-corrected chi connectivity index (χ2v) is 6.60. The summed E-state index contributed by atoms with van der Waals surface area (Å²) in [6, 6.07) is 1.76. The first-order chi connectivity index (χ1) is 9.38. The Morgan fingerprint density at radius 3 is 2.90 bits per heavy atom. The van der Waals surface area contributed by atoms with Crippen LogP contribution in [0.15, 0.2) is 18.5 Å².